The first-order chi connectivity index (χ1) is 9.52. The highest BCUT2D eigenvalue weighted by molar-refractivity contribution is 9.11. The summed E-state index contributed by atoms with van der Waals surface area (Å²) in [5.74, 6) is 0.707. The summed E-state index contributed by atoms with van der Waals surface area (Å²) in [7, 11) is 0. The Bertz CT molecular complexity index is 612. The van der Waals surface area contributed by atoms with Crippen molar-refractivity contribution >= 4 is 55.1 Å². The van der Waals surface area contributed by atoms with E-state index in [1.807, 2.05) is 24.3 Å². The summed E-state index contributed by atoms with van der Waals surface area (Å²) in [6, 6.07) is 9.33. The van der Waals surface area contributed by atoms with Crippen molar-refractivity contribution < 1.29 is 4.74 Å². The van der Waals surface area contributed by atoms with Crippen molar-refractivity contribution in [2.45, 2.75) is 13.2 Å². The third kappa shape index (κ3) is 3.68. The Balaban J connectivity index is 2.21. The molecule has 0 fully saturated rings. The van der Waals surface area contributed by atoms with Gasteiger partial charge in [0.25, 0.3) is 0 Å². The molecule has 0 spiro atoms. The Morgan fingerprint density at radius 2 is 1.75 bits per heavy atom. The molecule has 2 aromatic carbocycles. The van der Waals surface area contributed by atoms with Crippen molar-refractivity contribution in [2.75, 3.05) is 0 Å². The van der Waals surface area contributed by atoms with Crippen LogP contribution >= 0.6 is 55.1 Å². The molecule has 2 N–H and O–H groups in total. The molecule has 2 aromatic rings. The van der Waals surface area contributed by atoms with Gasteiger partial charge >= 0.3 is 0 Å². The van der Waals surface area contributed by atoms with Crippen LogP contribution in [0.4, 0.5) is 0 Å². The van der Waals surface area contributed by atoms with Gasteiger partial charge in [-0.25, -0.2) is 0 Å². The highest BCUT2D eigenvalue weighted by Crippen LogP contribution is 2.36. The molecule has 2 nitrogen and oxygen atoms in total. The highest BCUT2D eigenvalue weighted by Gasteiger charge is 2.11. The van der Waals surface area contributed by atoms with Gasteiger partial charge in [0, 0.05) is 12.1 Å². The predicted octanol–water partition coefficient (Wildman–Crippen LogP) is 5.56. The zero-order valence-corrected chi connectivity index (χ0v) is 15.0. The lowest BCUT2D eigenvalue weighted by molar-refractivity contribution is 0.302. The number of halogens is 4. The third-order valence-corrected chi connectivity index (χ3v) is 4.73. The second-order valence-corrected chi connectivity index (χ2v) is 6.59. The van der Waals surface area contributed by atoms with Gasteiger partial charge in [0.15, 0.2) is 0 Å². The van der Waals surface area contributed by atoms with Crippen LogP contribution in [0.2, 0.25) is 10.0 Å². The molecular weight excluding hydrogens is 429 g/mol. The second kappa shape index (κ2) is 7.14. The first-order valence-electron chi connectivity index (χ1n) is 5.76. The maximum Gasteiger partial charge on any atom is 0.148 e. The Morgan fingerprint density at radius 1 is 1.10 bits per heavy atom. The minimum atomic E-state index is 0.332. The topological polar surface area (TPSA) is 35.2 Å². The summed E-state index contributed by atoms with van der Waals surface area (Å²) in [5.41, 5.74) is 7.47. The van der Waals surface area contributed by atoms with Crippen LogP contribution in [-0.2, 0) is 13.2 Å². The lowest BCUT2D eigenvalue weighted by Crippen LogP contribution is -2.00. The first kappa shape index (κ1) is 16.1. The highest BCUT2D eigenvalue weighted by atomic mass is 79.9. The second-order valence-electron chi connectivity index (χ2n) is 4.09. The number of hydrogen-bond donors (Lipinski definition) is 1. The van der Waals surface area contributed by atoms with Gasteiger partial charge in [-0.3, -0.25) is 0 Å². The van der Waals surface area contributed by atoms with Gasteiger partial charge in [-0.1, -0.05) is 35.3 Å². The fraction of sp³-hybridized carbons (Fsp3) is 0.143. The molecular formula is C14H11Br2Cl2NO. The molecule has 0 aliphatic carbocycles. The van der Waals surface area contributed by atoms with Crippen LogP contribution < -0.4 is 10.5 Å². The van der Waals surface area contributed by atoms with Gasteiger partial charge in [0.2, 0.25) is 0 Å². The fourth-order valence-corrected chi connectivity index (χ4v) is 3.56. The standard InChI is InChI=1S/C14H11Br2Cl2NO/c15-10-4-8(6-19)5-11(16)14(10)20-7-9-2-1-3-12(17)13(9)18/h1-5H,6-7,19H2. The number of nitrogens with two attached hydrogens (primary N) is 1. The maximum absolute atomic E-state index is 6.13. The number of ether oxygens (including phenoxy) is 1. The molecule has 6 heteroatoms. The Kier molecular flexibility index (Phi) is 5.75. The molecule has 0 atom stereocenters. The van der Waals surface area contributed by atoms with E-state index < -0.39 is 0 Å². The number of rotatable bonds is 4. The molecule has 0 aromatic heterocycles. The minimum absolute atomic E-state index is 0.332. The van der Waals surface area contributed by atoms with Crippen LogP contribution in [0, 0.1) is 0 Å². The average molecular weight is 440 g/mol. The molecule has 0 saturated carbocycles. The zero-order chi connectivity index (χ0) is 14.7. The van der Waals surface area contributed by atoms with Crippen LogP contribution in [0.15, 0.2) is 39.3 Å². The molecule has 0 aliphatic heterocycles. The van der Waals surface area contributed by atoms with Crippen LogP contribution in [0.3, 0.4) is 0 Å². The summed E-state index contributed by atoms with van der Waals surface area (Å²) < 4.78 is 7.49. The van der Waals surface area contributed by atoms with E-state index in [0.717, 1.165) is 20.1 Å². The molecule has 0 aliphatic rings. The predicted molar refractivity (Wildman–Crippen MR) is 90.5 cm³/mol. The fourth-order valence-electron chi connectivity index (χ4n) is 1.68. The van der Waals surface area contributed by atoms with Gasteiger partial charge in [0.05, 0.1) is 19.0 Å². The Labute approximate surface area is 144 Å². The summed E-state index contributed by atoms with van der Waals surface area (Å²) in [5, 5.41) is 1.03. The third-order valence-electron chi connectivity index (χ3n) is 2.70. The van der Waals surface area contributed by atoms with E-state index in [9.17, 15) is 0 Å². The minimum Gasteiger partial charge on any atom is -0.486 e. The van der Waals surface area contributed by atoms with Gasteiger partial charge in [-0.2, -0.15) is 0 Å². The molecule has 0 radical (unpaired) electrons. The summed E-state index contributed by atoms with van der Waals surface area (Å²) in [6.45, 7) is 0.802. The monoisotopic (exact) mass is 437 g/mol. The normalized spacial score (nSPS) is 10.7. The van der Waals surface area contributed by atoms with E-state index in [2.05, 4.69) is 31.9 Å². The van der Waals surface area contributed by atoms with Crippen molar-refractivity contribution in [1.29, 1.82) is 0 Å². The van der Waals surface area contributed by atoms with Gasteiger partial charge in [-0.15, -0.1) is 0 Å². The van der Waals surface area contributed by atoms with E-state index >= 15 is 0 Å². The van der Waals surface area contributed by atoms with Crippen molar-refractivity contribution in [3.8, 4) is 5.75 Å². The van der Waals surface area contributed by atoms with Crippen molar-refractivity contribution in [3.05, 3.63) is 60.4 Å². The summed E-state index contributed by atoms with van der Waals surface area (Å²) >= 11 is 19.1. The van der Waals surface area contributed by atoms with E-state index in [1.165, 1.54) is 0 Å². The molecule has 0 unspecified atom stereocenters. The zero-order valence-electron chi connectivity index (χ0n) is 10.3. The van der Waals surface area contributed by atoms with E-state index in [4.69, 9.17) is 33.7 Å². The maximum atomic E-state index is 6.13. The molecule has 106 valence electrons. The Morgan fingerprint density at radius 3 is 2.35 bits per heavy atom. The van der Waals surface area contributed by atoms with Gasteiger partial charge in [0.1, 0.15) is 12.4 Å². The Hall–Kier alpha value is -0.260. The average Bonchev–Trinajstić information content (AvgIpc) is 2.42. The van der Waals surface area contributed by atoms with E-state index in [-0.39, 0.29) is 0 Å². The molecule has 0 saturated heterocycles. The quantitative estimate of drug-likeness (QED) is 0.677. The largest absolute Gasteiger partial charge is 0.486 e. The van der Waals surface area contributed by atoms with Crippen LogP contribution in [0.1, 0.15) is 11.1 Å². The van der Waals surface area contributed by atoms with E-state index in [1.54, 1.807) is 6.07 Å². The lowest BCUT2D eigenvalue weighted by atomic mass is 10.2. The van der Waals surface area contributed by atoms with Crippen LogP contribution in [0.5, 0.6) is 5.75 Å². The number of benzene rings is 2. The van der Waals surface area contributed by atoms with Crippen LogP contribution in [0.25, 0.3) is 0 Å². The van der Waals surface area contributed by atoms with Crippen LogP contribution in [-0.4, -0.2) is 0 Å². The van der Waals surface area contributed by atoms with Gasteiger partial charge in [-0.05, 0) is 55.6 Å². The molecule has 20 heavy (non-hydrogen) atoms. The molecule has 0 bridgehead atoms. The molecule has 0 heterocycles. The van der Waals surface area contributed by atoms with Crippen molar-refractivity contribution in [2.24, 2.45) is 5.73 Å². The van der Waals surface area contributed by atoms with Crippen molar-refractivity contribution in [1.82, 2.24) is 0 Å². The SMILES string of the molecule is NCc1cc(Br)c(OCc2cccc(Cl)c2Cl)c(Br)c1. The summed E-state index contributed by atoms with van der Waals surface area (Å²) in [6.07, 6.45) is 0. The number of hydrogen-bond acceptors (Lipinski definition) is 2. The smallest absolute Gasteiger partial charge is 0.148 e. The van der Waals surface area contributed by atoms with Gasteiger partial charge < -0.3 is 10.5 Å². The van der Waals surface area contributed by atoms with Crippen molar-refractivity contribution in [3.63, 3.8) is 0 Å². The lowest BCUT2D eigenvalue weighted by Gasteiger charge is -2.13. The summed E-state index contributed by atoms with van der Waals surface area (Å²) in [4.78, 5) is 0. The first-order valence-corrected chi connectivity index (χ1v) is 8.10. The molecule has 0 amide bonds. The van der Waals surface area contributed by atoms with E-state index in [0.29, 0.717) is 28.9 Å². The molecule has 2 rings (SSSR count).